The van der Waals surface area contributed by atoms with Crippen molar-refractivity contribution in [2.24, 2.45) is 5.92 Å². The van der Waals surface area contributed by atoms with Crippen molar-refractivity contribution in [1.82, 2.24) is 5.32 Å². The summed E-state index contributed by atoms with van der Waals surface area (Å²) in [6, 6.07) is 14.4. The maximum atomic E-state index is 12.4. The van der Waals surface area contributed by atoms with Gasteiger partial charge in [-0.05, 0) is 68.1 Å². The molecule has 1 aliphatic carbocycles. The van der Waals surface area contributed by atoms with Crippen LogP contribution in [-0.2, 0) is 9.59 Å². The second-order valence-electron chi connectivity index (χ2n) is 8.68. The average Bonchev–Trinajstić information content (AvgIpc) is 3.67. The summed E-state index contributed by atoms with van der Waals surface area (Å²) in [7, 11) is 0. The van der Waals surface area contributed by atoms with Crippen LogP contribution in [-0.4, -0.2) is 24.2 Å². The van der Waals surface area contributed by atoms with Crippen LogP contribution in [0.15, 0.2) is 48.5 Å². The van der Waals surface area contributed by atoms with Crippen LogP contribution >= 0.6 is 0 Å². The molecule has 0 aliphatic heterocycles. The van der Waals surface area contributed by atoms with Crippen LogP contribution in [0.4, 0.5) is 5.69 Å². The maximum absolute atomic E-state index is 12.4. The van der Waals surface area contributed by atoms with Gasteiger partial charge in [0.05, 0.1) is 12.6 Å². The number of nitrogens with one attached hydrogen (secondary N) is 2. The van der Waals surface area contributed by atoms with Gasteiger partial charge >= 0.3 is 0 Å². The lowest BCUT2D eigenvalue weighted by atomic mass is 10.1. The maximum Gasteiger partial charge on any atom is 0.227 e. The Balaban J connectivity index is 1.39. The highest BCUT2D eigenvalue weighted by molar-refractivity contribution is 5.98. The van der Waals surface area contributed by atoms with Crippen LogP contribution in [0.2, 0.25) is 0 Å². The van der Waals surface area contributed by atoms with Gasteiger partial charge in [0, 0.05) is 30.0 Å². The van der Waals surface area contributed by atoms with Crippen LogP contribution < -0.4 is 15.4 Å². The Morgan fingerprint density at radius 2 is 1.67 bits per heavy atom. The van der Waals surface area contributed by atoms with Crippen LogP contribution in [0.1, 0.15) is 80.8 Å². The number of rotatable bonds is 13. The number of benzene rings is 2. The van der Waals surface area contributed by atoms with Crippen LogP contribution in [0.3, 0.4) is 0 Å². The number of ketones is 1. The number of Topliss-reactive ketones (excluding diaryl/α,β-unsaturated/α-hetero) is 1. The molecule has 2 N–H and O–H groups in total. The van der Waals surface area contributed by atoms with E-state index in [1.165, 1.54) is 0 Å². The van der Waals surface area contributed by atoms with Crippen LogP contribution in [0.5, 0.6) is 5.75 Å². The SMILES string of the molecule is CCCCCOc1ccc(C(=O)CCC(=O)NC(C)c2ccc(NC(=O)C3CC3)cc2)cc1. The Labute approximate surface area is 196 Å². The number of unbranched alkanes of at least 4 members (excludes halogenated alkanes) is 2. The number of anilines is 1. The van der Waals surface area contributed by atoms with Crippen molar-refractivity contribution in [3.63, 3.8) is 0 Å². The van der Waals surface area contributed by atoms with Gasteiger partial charge in [-0.2, -0.15) is 0 Å². The normalized spacial score (nSPS) is 13.8. The van der Waals surface area contributed by atoms with Gasteiger partial charge in [0.25, 0.3) is 0 Å². The summed E-state index contributed by atoms with van der Waals surface area (Å²) in [6.07, 6.45) is 5.53. The smallest absolute Gasteiger partial charge is 0.227 e. The fourth-order valence-electron chi connectivity index (χ4n) is 3.49. The molecule has 33 heavy (non-hydrogen) atoms. The van der Waals surface area contributed by atoms with Gasteiger partial charge in [0.1, 0.15) is 5.75 Å². The Morgan fingerprint density at radius 1 is 0.970 bits per heavy atom. The molecule has 6 nitrogen and oxygen atoms in total. The summed E-state index contributed by atoms with van der Waals surface area (Å²) in [6.45, 7) is 4.73. The first-order valence-electron chi connectivity index (χ1n) is 11.9. The number of hydrogen-bond donors (Lipinski definition) is 2. The molecule has 2 amide bonds. The first-order chi connectivity index (χ1) is 16.0. The fraction of sp³-hybridized carbons (Fsp3) is 0.444. The summed E-state index contributed by atoms with van der Waals surface area (Å²) in [5, 5.41) is 5.84. The van der Waals surface area contributed by atoms with E-state index in [-0.39, 0.29) is 42.4 Å². The number of carbonyl (C=O) groups excluding carboxylic acids is 3. The van der Waals surface area contributed by atoms with E-state index in [4.69, 9.17) is 4.74 Å². The third kappa shape index (κ3) is 8.04. The van der Waals surface area contributed by atoms with Gasteiger partial charge in [-0.1, -0.05) is 31.9 Å². The van der Waals surface area contributed by atoms with Crippen molar-refractivity contribution in [2.45, 2.75) is 64.8 Å². The molecule has 1 unspecified atom stereocenters. The summed E-state index contributed by atoms with van der Waals surface area (Å²) >= 11 is 0. The molecule has 176 valence electrons. The van der Waals surface area contributed by atoms with E-state index < -0.39 is 0 Å². The molecule has 1 fully saturated rings. The highest BCUT2D eigenvalue weighted by Gasteiger charge is 2.29. The number of amides is 2. The molecule has 6 heteroatoms. The van der Waals surface area contributed by atoms with Gasteiger partial charge < -0.3 is 15.4 Å². The first-order valence-corrected chi connectivity index (χ1v) is 11.9. The zero-order valence-corrected chi connectivity index (χ0v) is 19.6. The summed E-state index contributed by atoms with van der Waals surface area (Å²) < 4.78 is 5.67. The molecule has 1 atom stereocenters. The largest absolute Gasteiger partial charge is 0.494 e. The molecule has 1 saturated carbocycles. The number of ether oxygens (including phenoxy) is 1. The molecule has 0 saturated heterocycles. The molecule has 2 aromatic rings. The van der Waals surface area contributed by atoms with E-state index in [2.05, 4.69) is 17.6 Å². The standard InChI is InChI=1S/C27H34N2O4/c1-3-4-5-18-33-24-14-10-21(11-15-24)25(30)16-17-26(31)28-19(2)20-8-12-23(13-9-20)29-27(32)22-6-7-22/h8-15,19,22H,3-7,16-18H2,1-2H3,(H,28,31)(H,29,32). The van der Waals surface area contributed by atoms with Gasteiger partial charge in [-0.3, -0.25) is 14.4 Å². The Hall–Kier alpha value is -3.15. The number of carbonyl (C=O) groups is 3. The number of hydrogen-bond acceptors (Lipinski definition) is 4. The predicted molar refractivity (Wildman–Crippen MR) is 129 cm³/mol. The molecule has 3 rings (SSSR count). The van der Waals surface area contributed by atoms with Crippen LogP contribution in [0.25, 0.3) is 0 Å². The van der Waals surface area contributed by atoms with Crippen molar-refractivity contribution in [1.29, 1.82) is 0 Å². The third-order valence-corrected chi connectivity index (χ3v) is 5.78. The van der Waals surface area contributed by atoms with Crippen LogP contribution in [0, 0.1) is 5.92 Å². The molecule has 0 spiro atoms. The molecule has 1 aliphatic rings. The van der Waals surface area contributed by atoms with E-state index in [9.17, 15) is 14.4 Å². The van der Waals surface area contributed by atoms with Crippen molar-refractivity contribution in [2.75, 3.05) is 11.9 Å². The quantitative estimate of drug-likeness (QED) is 0.314. The Kier molecular flexibility index (Phi) is 9.04. The second kappa shape index (κ2) is 12.2. The lowest BCUT2D eigenvalue weighted by Crippen LogP contribution is -2.27. The van der Waals surface area contributed by atoms with E-state index in [0.29, 0.717) is 12.2 Å². The lowest BCUT2D eigenvalue weighted by Gasteiger charge is -2.15. The first kappa shape index (κ1) is 24.5. The van der Waals surface area contributed by atoms with E-state index in [1.54, 1.807) is 24.3 Å². The fourth-order valence-corrected chi connectivity index (χ4v) is 3.49. The topological polar surface area (TPSA) is 84.5 Å². The molecule has 0 radical (unpaired) electrons. The lowest BCUT2D eigenvalue weighted by molar-refractivity contribution is -0.121. The van der Waals surface area contributed by atoms with Gasteiger partial charge in [0.15, 0.2) is 5.78 Å². The second-order valence-corrected chi connectivity index (χ2v) is 8.68. The predicted octanol–water partition coefficient (Wildman–Crippen LogP) is 5.44. The Morgan fingerprint density at radius 3 is 2.30 bits per heavy atom. The minimum atomic E-state index is -0.190. The van der Waals surface area contributed by atoms with E-state index >= 15 is 0 Å². The average molecular weight is 451 g/mol. The summed E-state index contributed by atoms with van der Waals surface area (Å²) in [4.78, 5) is 36.6. The zero-order chi connectivity index (χ0) is 23.6. The zero-order valence-electron chi connectivity index (χ0n) is 19.6. The monoisotopic (exact) mass is 450 g/mol. The molecular formula is C27H34N2O4. The minimum absolute atomic E-state index is 0.0638. The summed E-state index contributed by atoms with van der Waals surface area (Å²) in [5.41, 5.74) is 2.28. The van der Waals surface area contributed by atoms with Crippen molar-refractivity contribution < 1.29 is 19.1 Å². The van der Waals surface area contributed by atoms with Gasteiger partial charge in [-0.15, -0.1) is 0 Å². The van der Waals surface area contributed by atoms with Gasteiger partial charge in [0.2, 0.25) is 11.8 Å². The minimum Gasteiger partial charge on any atom is -0.494 e. The summed E-state index contributed by atoms with van der Waals surface area (Å²) in [5.74, 6) is 0.756. The van der Waals surface area contributed by atoms with Gasteiger partial charge in [-0.25, -0.2) is 0 Å². The molecule has 2 aromatic carbocycles. The third-order valence-electron chi connectivity index (χ3n) is 5.78. The van der Waals surface area contributed by atoms with Crippen molar-refractivity contribution in [3.05, 3.63) is 59.7 Å². The van der Waals surface area contributed by atoms with E-state index in [1.807, 2.05) is 31.2 Å². The van der Waals surface area contributed by atoms with Crippen molar-refractivity contribution in [3.8, 4) is 5.75 Å². The molecule has 0 heterocycles. The van der Waals surface area contributed by atoms with E-state index in [0.717, 1.165) is 49.1 Å². The van der Waals surface area contributed by atoms with Crippen molar-refractivity contribution >= 4 is 23.3 Å². The highest BCUT2D eigenvalue weighted by Crippen LogP contribution is 2.30. The molecule has 0 bridgehead atoms. The highest BCUT2D eigenvalue weighted by atomic mass is 16.5. The Bertz CT molecular complexity index is 934. The molecular weight excluding hydrogens is 416 g/mol. The molecule has 0 aromatic heterocycles.